The predicted molar refractivity (Wildman–Crippen MR) is 67.0 cm³/mol. The SMILES string of the molecule is OC(Cc1ccc(F)cc1Br)c1ccncc1F. The Morgan fingerprint density at radius 2 is 2.06 bits per heavy atom. The second kappa shape index (κ2) is 5.54. The molecule has 0 amide bonds. The number of aromatic nitrogens is 1. The minimum Gasteiger partial charge on any atom is -0.388 e. The van der Waals surface area contributed by atoms with Crippen LogP contribution in [-0.4, -0.2) is 10.1 Å². The number of halogens is 3. The summed E-state index contributed by atoms with van der Waals surface area (Å²) in [5.74, 6) is -0.918. The van der Waals surface area contributed by atoms with E-state index in [1.165, 1.54) is 24.4 Å². The van der Waals surface area contributed by atoms with Crippen molar-refractivity contribution in [1.82, 2.24) is 4.98 Å². The first kappa shape index (κ1) is 13.1. The van der Waals surface area contributed by atoms with Crippen molar-refractivity contribution in [1.29, 1.82) is 0 Å². The van der Waals surface area contributed by atoms with E-state index in [1.54, 1.807) is 6.07 Å². The fourth-order valence-corrected chi connectivity index (χ4v) is 2.17. The summed E-state index contributed by atoms with van der Waals surface area (Å²) in [5.41, 5.74) is 0.890. The third-order valence-electron chi connectivity index (χ3n) is 2.59. The maximum atomic E-state index is 13.4. The number of hydrogen-bond acceptors (Lipinski definition) is 2. The van der Waals surface area contributed by atoms with E-state index in [9.17, 15) is 13.9 Å². The summed E-state index contributed by atoms with van der Waals surface area (Å²) in [5, 5.41) is 9.97. The summed E-state index contributed by atoms with van der Waals surface area (Å²) in [6, 6.07) is 5.60. The van der Waals surface area contributed by atoms with Crippen LogP contribution >= 0.6 is 15.9 Å². The lowest BCUT2D eigenvalue weighted by molar-refractivity contribution is 0.173. The van der Waals surface area contributed by atoms with E-state index >= 15 is 0 Å². The highest BCUT2D eigenvalue weighted by atomic mass is 79.9. The van der Waals surface area contributed by atoms with E-state index < -0.39 is 11.9 Å². The second-order valence-corrected chi connectivity index (χ2v) is 4.71. The maximum absolute atomic E-state index is 13.4. The normalized spacial score (nSPS) is 12.4. The monoisotopic (exact) mass is 313 g/mol. The molecule has 0 aliphatic rings. The molecule has 0 aliphatic carbocycles. The zero-order valence-corrected chi connectivity index (χ0v) is 10.9. The average molecular weight is 314 g/mol. The first-order chi connectivity index (χ1) is 8.58. The van der Waals surface area contributed by atoms with Gasteiger partial charge in [-0.15, -0.1) is 0 Å². The number of pyridine rings is 1. The standard InChI is InChI=1S/C13H10BrF2NO/c14-11-6-9(15)2-1-8(11)5-13(18)10-3-4-17-7-12(10)16/h1-4,6-7,13,18H,5H2. The third-order valence-corrected chi connectivity index (χ3v) is 3.33. The van der Waals surface area contributed by atoms with Crippen molar-refractivity contribution in [2.45, 2.75) is 12.5 Å². The molecule has 1 aromatic heterocycles. The highest BCUT2D eigenvalue weighted by Crippen LogP contribution is 2.25. The van der Waals surface area contributed by atoms with Crippen LogP contribution in [0.1, 0.15) is 17.2 Å². The van der Waals surface area contributed by atoms with Gasteiger partial charge in [0.1, 0.15) is 11.6 Å². The number of aliphatic hydroxyl groups excluding tert-OH is 1. The lowest BCUT2D eigenvalue weighted by atomic mass is 10.0. The molecule has 2 nitrogen and oxygen atoms in total. The molecule has 94 valence electrons. The Balaban J connectivity index is 2.21. The topological polar surface area (TPSA) is 33.1 Å². The first-order valence-electron chi connectivity index (χ1n) is 5.29. The minimum atomic E-state index is -0.991. The summed E-state index contributed by atoms with van der Waals surface area (Å²) in [7, 11) is 0. The first-order valence-corrected chi connectivity index (χ1v) is 6.08. The van der Waals surface area contributed by atoms with Gasteiger partial charge in [0.25, 0.3) is 0 Å². The molecule has 1 aromatic carbocycles. The molecule has 1 unspecified atom stereocenters. The molecule has 2 rings (SSSR count). The van der Waals surface area contributed by atoms with E-state index in [1.807, 2.05) is 0 Å². The van der Waals surface area contributed by atoms with Crippen LogP contribution in [0.5, 0.6) is 0 Å². The molecule has 1 atom stereocenters. The molecule has 0 saturated heterocycles. The molecule has 1 heterocycles. The van der Waals surface area contributed by atoms with Gasteiger partial charge in [0.2, 0.25) is 0 Å². The van der Waals surface area contributed by atoms with Crippen LogP contribution in [0, 0.1) is 11.6 Å². The minimum absolute atomic E-state index is 0.182. The van der Waals surface area contributed by atoms with Gasteiger partial charge in [0.05, 0.1) is 12.3 Å². The van der Waals surface area contributed by atoms with Gasteiger partial charge in [-0.05, 0) is 23.8 Å². The average Bonchev–Trinajstić information content (AvgIpc) is 2.33. The van der Waals surface area contributed by atoms with Crippen molar-refractivity contribution in [2.24, 2.45) is 0 Å². The largest absolute Gasteiger partial charge is 0.388 e. The number of benzene rings is 1. The molecular formula is C13H10BrF2NO. The van der Waals surface area contributed by atoms with E-state index in [0.717, 1.165) is 6.20 Å². The van der Waals surface area contributed by atoms with Crippen molar-refractivity contribution in [3.05, 3.63) is 63.9 Å². The van der Waals surface area contributed by atoms with Gasteiger partial charge in [-0.2, -0.15) is 0 Å². The van der Waals surface area contributed by atoms with Crippen LogP contribution < -0.4 is 0 Å². The van der Waals surface area contributed by atoms with Gasteiger partial charge in [-0.3, -0.25) is 4.98 Å². The van der Waals surface area contributed by atoms with Crippen molar-refractivity contribution >= 4 is 15.9 Å². The fraction of sp³-hybridized carbons (Fsp3) is 0.154. The van der Waals surface area contributed by atoms with E-state index in [4.69, 9.17) is 0 Å². The molecule has 5 heteroatoms. The number of rotatable bonds is 3. The van der Waals surface area contributed by atoms with Crippen molar-refractivity contribution in [3.63, 3.8) is 0 Å². The summed E-state index contributed by atoms with van der Waals surface area (Å²) in [6.07, 6.45) is 1.68. The predicted octanol–water partition coefficient (Wildman–Crippen LogP) is 3.40. The molecule has 0 bridgehead atoms. The van der Waals surface area contributed by atoms with Crippen molar-refractivity contribution < 1.29 is 13.9 Å². The van der Waals surface area contributed by atoms with Crippen LogP contribution in [-0.2, 0) is 6.42 Å². The molecular weight excluding hydrogens is 304 g/mol. The summed E-state index contributed by atoms with van der Waals surface area (Å²) in [6.45, 7) is 0. The van der Waals surface area contributed by atoms with E-state index in [0.29, 0.717) is 10.0 Å². The summed E-state index contributed by atoms with van der Waals surface area (Å²) < 4.78 is 26.9. The molecule has 0 fully saturated rings. The number of hydrogen-bond donors (Lipinski definition) is 1. The Morgan fingerprint density at radius 3 is 2.72 bits per heavy atom. The summed E-state index contributed by atoms with van der Waals surface area (Å²) >= 11 is 3.21. The number of aliphatic hydroxyl groups is 1. The van der Waals surface area contributed by atoms with E-state index in [2.05, 4.69) is 20.9 Å². The Morgan fingerprint density at radius 1 is 1.28 bits per heavy atom. The lowest BCUT2D eigenvalue weighted by Crippen LogP contribution is -2.05. The summed E-state index contributed by atoms with van der Waals surface area (Å²) in [4.78, 5) is 3.62. The smallest absolute Gasteiger partial charge is 0.147 e. The quantitative estimate of drug-likeness (QED) is 0.942. The second-order valence-electron chi connectivity index (χ2n) is 3.85. The highest BCUT2D eigenvalue weighted by molar-refractivity contribution is 9.10. The lowest BCUT2D eigenvalue weighted by Gasteiger charge is -2.12. The Hall–Kier alpha value is -1.33. The zero-order chi connectivity index (χ0) is 13.1. The molecule has 0 saturated carbocycles. The van der Waals surface area contributed by atoms with Crippen LogP contribution in [0.25, 0.3) is 0 Å². The molecule has 18 heavy (non-hydrogen) atoms. The molecule has 2 aromatic rings. The van der Waals surface area contributed by atoms with Gasteiger partial charge in [0, 0.05) is 22.7 Å². The zero-order valence-electron chi connectivity index (χ0n) is 9.28. The van der Waals surface area contributed by atoms with Gasteiger partial charge in [-0.25, -0.2) is 8.78 Å². The van der Waals surface area contributed by atoms with Gasteiger partial charge in [-0.1, -0.05) is 22.0 Å². The molecule has 1 N–H and O–H groups in total. The fourth-order valence-electron chi connectivity index (χ4n) is 1.66. The Bertz CT molecular complexity index is 562. The van der Waals surface area contributed by atoms with Gasteiger partial charge >= 0.3 is 0 Å². The van der Waals surface area contributed by atoms with Crippen LogP contribution in [0.4, 0.5) is 8.78 Å². The van der Waals surface area contributed by atoms with Gasteiger partial charge in [0.15, 0.2) is 0 Å². The Kier molecular flexibility index (Phi) is 4.04. The van der Waals surface area contributed by atoms with Crippen LogP contribution in [0.15, 0.2) is 41.1 Å². The Labute approximate surface area is 111 Å². The maximum Gasteiger partial charge on any atom is 0.147 e. The molecule has 0 spiro atoms. The van der Waals surface area contributed by atoms with Crippen molar-refractivity contribution in [2.75, 3.05) is 0 Å². The third kappa shape index (κ3) is 2.91. The number of nitrogens with zero attached hydrogens (tertiary/aromatic N) is 1. The molecule has 0 aliphatic heterocycles. The molecule has 0 radical (unpaired) electrons. The van der Waals surface area contributed by atoms with Crippen LogP contribution in [0.2, 0.25) is 0 Å². The van der Waals surface area contributed by atoms with E-state index in [-0.39, 0.29) is 17.8 Å². The van der Waals surface area contributed by atoms with Gasteiger partial charge < -0.3 is 5.11 Å². The highest BCUT2D eigenvalue weighted by Gasteiger charge is 2.14. The van der Waals surface area contributed by atoms with Crippen molar-refractivity contribution in [3.8, 4) is 0 Å². The van der Waals surface area contributed by atoms with Crippen LogP contribution in [0.3, 0.4) is 0 Å².